The maximum atomic E-state index is 10.7. The molecule has 0 aromatic carbocycles. The van der Waals surface area contributed by atoms with E-state index in [1.807, 2.05) is 6.20 Å². The van der Waals surface area contributed by atoms with E-state index in [-0.39, 0.29) is 11.6 Å². The maximum Gasteiger partial charge on any atom is 0.337 e. The van der Waals surface area contributed by atoms with Crippen LogP contribution in [0.25, 0.3) is 0 Å². The summed E-state index contributed by atoms with van der Waals surface area (Å²) in [5.74, 6) is -0.958. The molecule has 2 aromatic rings. The monoisotopic (exact) mass is 291 g/mol. The minimum absolute atomic E-state index is 0.154. The molecule has 1 unspecified atom stereocenters. The molecule has 0 spiro atoms. The number of hydrogen-bond acceptors (Lipinski definition) is 5. The Bertz CT molecular complexity index is 580. The number of aryl methyl sites for hydroxylation is 1. The molecule has 0 saturated carbocycles. The predicted octanol–water partition coefficient (Wildman–Crippen LogP) is 2.65. The smallest absolute Gasteiger partial charge is 0.337 e. The Labute approximate surface area is 121 Å². The lowest BCUT2D eigenvalue weighted by Gasteiger charge is -2.10. The third-order valence-electron chi connectivity index (χ3n) is 2.95. The predicted molar refractivity (Wildman–Crippen MR) is 77.9 cm³/mol. The van der Waals surface area contributed by atoms with Crippen LogP contribution in [0.4, 0.5) is 0 Å². The first-order valence-electron chi connectivity index (χ1n) is 6.46. The normalized spacial score (nSPS) is 12.3. The van der Waals surface area contributed by atoms with Gasteiger partial charge in [0.05, 0.1) is 17.3 Å². The van der Waals surface area contributed by atoms with Gasteiger partial charge in [-0.25, -0.2) is 9.78 Å². The highest BCUT2D eigenvalue weighted by molar-refractivity contribution is 7.11. The van der Waals surface area contributed by atoms with Crippen LogP contribution >= 0.6 is 11.3 Å². The lowest BCUT2D eigenvalue weighted by molar-refractivity contribution is 0.0696. The fraction of sp³-hybridized carbons (Fsp3) is 0.357. The number of aromatic nitrogens is 2. The molecule has 0 aliphatic heterocycles. The van der Waals surface area contributed by atoms with Crippen LogP contribution in [0.2, 0.25) is 0 Å². The van der Waals surface area contributed by atoms with E-state index in [2.05, 4.69) is 29.1 Å². The first-order chi connectivity index (χ1) is 9.60. The summed E-state index contributed by atoms with van der Waals surface area (Å²) in [6.45, 7) is 4.76. The topological polar surface area (TPSA) is 75.1 Å². The van der Waals surface area contributed by atoms with Gasteiger partial charge in [0.25, 0.3) is 0 Å². The number of carboxylic acids is 1. The molecule has 20 heavy (non-hydrogen) atoms. The van der Waals surface area contributed by atoms with Crippen molar-refractivity contribution in [2.24, 2.45) is 0 Å². The largest absolute Gasteiger partial charge is 0.478 e. The fourth-order valence-electron chi connectivity index (χ4n) is 1.69. The number of rotatable bonds is 6. The molecule has 0 fully saturated rings. The number of carboxylic acid groups (broad SMARTS) is 1. The summed E-state index contributed by atoms with van der Waals surface area (Å²) in [6, 6.07) is 3.44. The summed E-state index contributed by atoms with van der Waals surface area (Å²) < 4.78 is 0. The number of aromatic carboxylic acids is 1. The minimum atomic E-state index is -0.958. The summed E-state index contributed by atoms with van der Waals surface area (Å²) in [7, 11) is 0. The molecule has 0 radical (unpaired) electrons. The van der Waals surface area contributed by atoms with E-state index in [0.29, 0.717) is 6.54 Å². The number of thiazole rings is 1. The number of pyridine rings is 1. The Kier molecular flexibility index (Phi) is 4.81. The molecule has 0 bridgehead atoms. The van der Waals surface area contributed by atoms with Crippen molar-refractivity contribution in [3.05, 3.63) is 45.7 Å². The Morgan fingerprint density at radius 1 is 1.40 bits per heavy atom. The highest BCUT2D eigenvalue weighted by Gasteiger charge is 2.10. The Balaban J connectivity index is 1.92. The van der Waals surface area contributed by atoms with E-state index in [0.717, 1.165) is 17.1 Å². The molecule has 5 nitrogen and oxygen atoms in total. The summed E-state index contributed by atoms with van der Waals surface area (Å²) in [4.78, 5) is 20.5. The number of nitrogens with zero attached hydrogens (tertiary/aromatic N) is 2. The average Bonchev–Trinajstić information content (AvgIpc) is 2.94. The van der Waals surface area contributed by atoms with Crippen LogP contribution in [-0.2, 0) is 13.0 Å². The lowest BCUT2D eigenvalue weighted by atomic mass is 10.2. The second-order valence-corrected chi connectivity index (χ2v) is 5.61. The molecular formula is C14H17N3O2S. The van der Waals surface area contributed by atoms with Crippen LogP contribution in [0.1, 0.15) is 45.8 Å². The second kappa shape index (κ2) is 6.58. The van der Waals surface area contributed by atoms with Crippen molar-refractivity contribution in [1.29, 1.82) is 0 Å². The van der Waals surface area contributed by atoms with Crippen molar-refractivity contribution in [3.8, 4) is 0 Å². The van der Waals surface area contributed by atoms with Gasteiger partial charge >= 0.3 is 5.97 Å². The van der Waals surface area contributed by atoms with E-state index in [1.165, 1.54) is 11.1 Å². The summed E-state index contributed by atoms with van der Waals surface area (Å²) in [5.41, 5.74) is 1.02. The van der Waals surface area contributed by atoms with Crippen LogP contribution in [0.15, 0.2) is 24.5 Å². The summed E-state index contributed by atoms with van der Waals surface area (Å²) in [6.07, 6.45) is 4.29. The van der Waals surface area contributed by atoms with Gasteiger partial charge in [0.1, 0.15) is 5.01 Å². The van der Waals surface area contributed by atoms with Crippen molar-refractivity contribution in [2.75, 3.05) is 0 Å². The molecular weight excluding hydrogens is 274 g/mol. The zero-order chi connectivity index (χ0) is 14.5. The molecule has 6 heteroatoms. The van der Waals surface area contributed by atoms with Gasteiger partial charge < -0.3 is 10.4 Å². The Morgan fingerprint density at radius 3 is 2.75 bits per heavy atom. The van der Waals surface area contributed by atoms with Crippen molar-refractivity contribution in [3.63, 3.8) is 0 Å². The van der Waals surface area contributed by atoms with Gasteiger partial charge in [0.2, 0.25) is 0 Å². The molecule has 0 aliphatic carbocycles. The summed E-state index contributed by atoms with van der Waals surface area (Å²) >= 11 is 1.71. The highest BCUT2D eigenvalue weighted by atomic mass is 32.1. The van der Waals surface area contributed by atoms with Crippen molar-refractivity contribution >= 4 is 17.3 Å². The molecule has 2 N–H and O–H groups in total. The van der Waals surface area contributed by atoms with Crippen LogP contribution in [0.3, 0.4) is 0 Å². The molecule has 2 rings (SSSR count). The van der Waals surface area contributed by atoms with Gasteiger partial charge in [-0.1, -0.05) is 6.92 Å². The lowest BCUT2D eigenvalue weighted by Crippen LogP contribution is -2.18. The number of hydrogen-bond donors (Lipinski definition) is 2. The first kappa shape index (κ1) is 14.6. The van der Waals surface area contributed by atoms with E-state index in [4.69, 9.17) is 5.11 Å². The molecule has 2 aromatic heterocycles. The fourth-order valence-corrected chi connectivity index (χ4v) is 2.57. The van der Waals surface area contributed by atoms with Gasteiger partial charge in [-0.3, -0.25) is 4.98 Å². The maximum absolute atomic E-state index is 10.7. The van der Waals surface area contributed by atoms with Crippen LogP contribution in [0.5, 0.6) is 0 Å². The van der Waals surface area contributed by atoms with Gasteiger partial charge in [-0.2, -0.15) is 0 Å². The van der Waals surface area contributed by atoms with E-state index in [1.54, 1.807) is 23.5 Å². The SMILES string of the molecule is CCc1cnc(C(C)NCc2ccc(C(=O)O)cn2)s1. The minimum Gasteiger partial charge on any atom is -0.478 e. The van der Waals surface area contributed by atoms with Crippen LogP contribution in [-0.4, -0.2) is 21.0 Å². The third kappa shape index (κ3) is 3.61. The molecule has 2 heterocycles. The Morgan fingerprint density at radius 2 is 2.20 bits per heavy atom. The van der Waals surface area contributed by atoms with Gasteiger partial charge in [-0.05, 0) is 25.5 Å². The molecule has 1 atom stereocenters. The van der Waals surface area contributed by atoms with Crippen molar-refractivity contribution in [2.45, 2.75) is 32.9 Å². The average molecular weight is 291 g/mol. The molecule has 0 aliphatic rings. The zero-order valence-electron chi connectivity index (χ0n) is 11.5. The molecule has 0 saturated heterocycles. The van der Waals surface area contributed by atoms with Crippen molar-refractivity contribution < 1.29 is 9.90 Å². The number of carbonyl (C=O) groups is 1. The standard InChI is InChI=1S/C14H17N3O2S/c1-3-12-8-17-13(20-12)9(2)15-7-11-5-4-10(6-16-11)14(18)19/h4-6,8-9,15H,3,7H2,1-2H3,(H,18,19). The summed E-state index contributed by atoms with van der Waals surface area (Å²) in [5, 5.41) is 13.2. The zero-order valence-corrected chi connectivity index (χ0v) is 12.3. The highest BCUT2D eigenvalue weighted by Crippen LogP contribution is 2.20. The van der Waals surface area contributed by atoms with E-state index < -0.39 is 5.97 Å². The van der Waals surface area contributed by atoms with Crippen molar-refractivity contribution in [1.82, 2.24) is 15.3 Å². The van der Waals surface area contributed by atoms with E-state index >= 15 is 0 Å². The van der Waals surface area contributed by atoms with Crippen LogP contribution < -0.4 is 5.32 Å². The van der Waals surface area contributed by atoms with Crippen LogP contribution in [0, 0.1) is 0 Å². The quantitative estimate of drug-likeness (QED) is 0.855. The van der Waals surface area contributed by atoms with E-state index in [9.17, 15) is 4.79 Å². The number of nitrogens with one attached hydrogen (secondary N) is 1. The molecule has 0 amide bonds. The van der Waals surface area contributed by atoms with Gasteiger partial charge in [0.15, 0.2) is 0 Å². The first-order valence-corrected chi connectivity index (χ1v) is 7.28. The van der Waals surface area contributed by atoms with Gasteiger partial charge in [0, 0.05) is 23.8 Å². The third-order valence-corrected chi connectivity index (χ3v) is 4.28. The second-order valence-electron chi connectivity index (χ2n) is 4.46. The van der Waals surface area contributed by atoms with Gasteiger partial charge in [-0.15, -0.1) is 11.3 Å². The molecule has 106 valence electrons. The Hall–Kier alpha value is -1.79.